The highest BCUT2D eigenvalue weighted by Gasteiger charge is 2.35. The van der Waals surface area contributed by atoms with Crippen LogP contribution in [0.15, 0.2) is 12.1 Å². The normalized spacial score (nSPS) is 12.7. The molecule has 32 heavy (non-hydrogen) atoms. The van der Waals surface area contributed by atoms with Crippen molar-refractivity contribution < 1.29 is 19.1 Å². The van der Waals surface area contributed by atoms with Gasteiger partial charge in [-0.1, -0.05) is 101 Å². The third-order valence-electron chi connectivity index (χ3n) is 5.81. The number of fused-ring (bicyclic) bond motifs is 3. The average Bonchev–Trinajstić information content (AvgIpc) is 3.41. The van der Waals surface area contributed by atoms with Crippen LogP contribution in [0.3, 0.4) is 0 Å². The van der Waals surface area contributed by atoms with Gasteiger partial charge < -0.3 is 9.47 Å². The zero-order valence-corrected chi connectivity index (χ0v) is 21.1. The number of carbonyl (C=O) groups is 2. The Kier molecular flexibility index (Phi) is 10.3. The van der Waals surface area contributed by atoms with Gasteiger partial charge >= 0.3 is 0 Å². The number of unbranched alkanes of at least 4 members (excludes halogenated alkanes) is 10. The van der Waals surface area contributed by atoms with Gasteiger partial charge in [-0.15, -0.1) is 0 Å². The molecule has 0 saturated heterocycles. The fourth-order valence-corrected chi connectivity index (χ4v) is 5.90. The van der Waals surface area contributed by atoms with Gasteiger partial charge in [0.15, 0.2) is 10.1 Å². The smallest absolute Gasteiger partial charge is 0.245 e. The largest absolute Gasteiger partial charge is 0.484 e. The van der Waals surface area contributed by atoms with Crippen molar-refractivity contribution in [1.82, 2.24) is 0 Å². The van der Waals surface area contributed by atoms with Gasteiger partial charge in [0.2, 0.25) is 11.6 Å². The van der Waals surface area contributed by atoms with Crippen LogP contribution in [0.4, 0.5) is 0 Å². The average molecular weight is 477 g/mol. The number of hydrogen-bond acceptors (Lipinski definition) is 6. The molecule has 0 aromatic carbocycles. The first kappa shape index (κ1) is 25.0. The van der Waals surface area contributed by atoms with E-state index in [4.69, 9.17) is 9.47 Å². The van der Waals surface area contributed by atoms with Crippen molar-refractivity contribution in [1.29, 1.82) is 0 Å². The van der Waals surface area contributed by atoms with Gasteiger partial charge in [-0.25, -0.2) is 0 Å². The lowest BCUT2D eigenvalue weighted by atomic mass is 9.96. The standard InChI is InChI=1S/C26H36O4S2/c1-3-5-7-9-11-13-15-29-21-17-19-20-18-22(30-16-14-12-10-8-6-4-2)32-26(20)24(28)23(27)25(19)31-21/h17-18H,3-16H2,1-2H3. The maximum atomic E-state index is 12.6. The molecule has 0 bridgehead atoms. The summed E-state index contributed by atoms with van der Waals surface area (Å²) < 4.78 is 11.8. The molecule has 0 atom stereocenters. The van der Waals surface area contributed by atoms with Crippen LogP contribution in [-0.4, -0.2) is 24.8 Å². The highest BCUT2D eigenvalue weighted by atomic mass is 32.1. The van der Waals surface area contributed by atoms with Gasteiger partial charge in [-0.3, -0.25) is 9.59 Å². The van der Waals surface area contributed by atoms with Crippen molar-refractivity contribution in [2.24, 2.45) is 0 Å². The molecular weight excluding hydrogens is 440 g/mol. The van der Waals surface area contributed by atoms with E-state index >= 15 is 0 Å². The molecule has 176 valence electrons. The number of Topliss-reactive ketones (excluding diaryl/α,β-unsaturated/α-hetero) is 2. The van der Waals surface area contributed by atoms with Crippen molar-refractivity contribution in [3.05, 3.63) is 21.9 Å². The molecular formula is C26H36O4S2. The summed E-state index contributed by atoms with van der Waals surface area (Å²) >= 11 is 2.59. The summed E-state index contributed by atoms with van der Waals surface area (Å²) in [6, 6.07) is 3.84. The van der Waals surface area contributed by atoms with Crippen LogP contribution < -0.4 is 9.47 Å². The molecule has 0 saturated carbocycles. The van der Waals surface area contributed by atoms with E-state index in [1.807, 2.05) is 12.1 Å². The fraction of sp³-hybridized carbons (Fsp3) is 0.615. The van der Waals surface area contributed by atoms with Crippen LogP contribution in [0.2, 0.25) is 0 Å². The predicted molar refractivity (Wildman–Crippen MR) is 134 cm³/mol. The summed E-state index contributed by atoms with van der Waals surface area (Å²) in [5, 5.41) is 1.44. The first-order chi connectivity index (χ1) is 15.7. The van der Waals surface area contributed by atoms with Crippen LogP contribution in [0.1, 0.15) is 110 Å². The van der Waals surface area contributed by atoms with E-state index in [1.54, 1.807) is 0 Å². The van der Waals surface area contributed by atoms with Crippen LogP contribution in [0, 0.1) is 0 Å². The van der Waals surface area contributed by atoms with Crippen molar-refractivity contribution in [2.45, 2.75) is 90.9 Å². The van der Waals surface area contributed by atoms with Crippen molar-refractivity contribution in [2.75, 3.05) is 13.2 Å². The van der Waals surface area contributed by atoms with E-state index in [1.165, 1.54) is 74.0 Å². The Labute approximate surface area is 200 Å². The third kappa shape index (κ3) is 6.67. The summed E-state index contributed by atoms with van der Waals surface area (Å²) in [6.07, 6.45) is 14.5. The SMILES string of the molecule is CCCCCCCCOc1cc2c(s1)C(=O)C(=O)c1sc(OCCCCCCCC)cc1-2. The predicted octanol–water partition coefficient (Wildman–Crippen LogP) is 8.33. The maximum absolute atomic E-state index is 12.6. The molecule has 2 aromatic rings. The lowest BCUT2D eigenvalue weighted by Gasteiger charge is -2.08. The minimum Gasteiger partial charge on any atom is -0.484 e. The highest BCUT2D eigenvalue weighted by molar-refractivity contribution is 7.20. The minimum absolute atomic E-state index is 0.420. The molecule has 1 aliphatic rings. The monoisotopic (exact) mass is 476 g/mol. The van der Waals surface area contributed by atoms with Crippen LogP contribution in [0.5, 0.6) is 10.1 Å². The first-order valence-electron chi connectivity index (χ1n) is 12.3. The fourth-order valence-electron chi connectivity index (χ4n) is 3.93. The van der Waals surface area contributed by atoms with Crippen LogP contribution >= 0.6 is 22.7 Å². The summed E-state index contributed by atoms with van der Waals surface area (Å²) in [5.41, 5.74) is 1.64. The summed E-state index contributed by atoms with van der Waals surface area (Å²) in [6.45, 7) is 5.74. The van der Waals surface area contributed by atoms with Crippen molar-refractivity contribution >= 4 is 34.2 Å². The second-order valence-electron chi connectivity index (χ2n) is 8.51. The van der Waals surface area contributed by atoms with Gasteiger partial charge in [0, 0.05) is 23.3 Å². The number of carbonyl (C=O) groups excluding carboxylic acids is 2. The zero-order chi connectivity index (χ0) is 22.8. The molecule has 1 aliphatic carbocycles. The van der Waals surface area contributed by atoms with Crippen LogP contribution in [-0.2, 0) is 0 Å². The topological polar surface area (TPSA) is 52.6 Å². The quantitative estimate of drug-likeness (QED) is 0.180. The Morgan fingerprint density at radius 1 is 0.594 bits per heavy atom. The number of thiophene rings is 2. The Morgan fingerprint density at radius 2 is 0.969 bits per heavy atom. The number of rotatable bonds is 16. The maximum Gasteiger partial charge on any atom is 0.245 e. The summed E-state index contributed by atoms with van der Waals surface area (Å²) in [5.74, 6) is -0.840. The molecule has 2 heterocycles. The van der Waals surface area contributed by atoms with E-state index in [-0.39, 0.29) is 0 Å². The molecule has 3 rings (SSSR count). The molecule has 0 radical (unpaired) electrons. The van der Waals surface area contributed by atoms with E-state index < -0.39 is 11.6 Å². The molecule has 4 nitrogen and oxygen atoms in total. The van der Waals surface area contributed by atoms with Gasteiger partial charge in [-0.05, 0) is 12.8 Å². The van der Waals surface area contributed by atoms with E-state index in [0.717, 1.165) is 46.9 Å². The lowest BCUT2D eigenvalue weighted by Crippen LogP contribution is -2.17. The van der Waals surface area contributed by atoms with E-state index in [9.17, 15) is 9.59 Å². The Balaban J connectivity index is 1.54. The van der Waals surface area contributed by atoms with Crippen molar-refractivity contribution in [3.63, 3.8) is 0 Å². The number of ketones is 2. The Morgan fingerprint density at radius 3 is 1.38 bits per heavy atom. The molecule has 0 N–H and O–H groups in total. The molecule has 2 aromatic heterocycles. The molecule has 0 unspecified atom stereocenters. The third-order valence-corrected chi connectivity index (χ3v) is 7.90. The number of ether oxygens (including phenoxy) is 2. The summed E-state index contributed by atoms with van der Waals surface area (Å²) in [4.78, 5) is 26.3. The highest BCUT2D eigenvalue weighted by Crippen LogP contribution is 2.46. The molecule has 0 spiro atoms. The van der Waals surface area contributed by atoms with E-state index in [0.29, 0.717) is 23.0 Å². The van der Waals surface area contributed by atoms with Gasteiger partial charge in [0.1, 0.15) is 0 Å². The summed E-state index contributed by atoms with van der Waals surface area (Å²) in [7, 11) is 0. The lowest BCUT2D eigenvalue weighted by molar-refractivity contribution is 0.0820. The molecule has 6 heteroatoms. The molecule has 0 amide bonds. The molecule has 0 fully saturated rings. The van der Waals surface area contributed by atoms with E-state index in [2.05, 4.69) is 13.8 Å². The second kappa shape index (κ2) is 13.1. The van der Waals surface area contributed by atoms with Gasteiger partial charge in [0.25, 0.3) is 0 Å². The van der Waals surface area contributed by atoms with Gasteiger partial charge in [-0.2, -0.15) is 0 Å². The second-order valence-corrected chi connectivity index (χ2v) is 10.5. The first-order valence-corrected chi connectivity index (χ1v) is 13.9. The van der Waals surface area contributed by atoms with Crippen molar-refractivity contribution in [3.8, 4) is 21.3 Å². The molecule has 0 aliphatic heterocycles. The Hall–Kier alpha value is -1.66. The Bertz CT molecular complexity index is 808. The van der Waals surface area contributed by atoms with Crippen LogP contribution in [0.25, 0.3) is 11.1 Å². The zero-order valence-electron chi connectivity index (χ0n) is 19.5. The minimum atomic E-state index is -0.420. The number of hydrogen-bond donors (Lipinski definition) is 0. The van der Waals surface area contributed by atoms with Gasteiger partial charge in [0.05, 0.1) is 23.0 Å².